The van der Waals surface area contributed by atoms with E-state index in [-0.39, 0.29) is 17.1 Å². The molecule has 1 fully saturated rings. The van der Waals surface area contributed by atoms with Gasteiger partial charge in [0, 0.05) is 20.5 Å². The molecular weight excluding hydrogens is 460 g/mol. The van der Waals surface area contributed by atoms with Gasteiger partial charge in [0.25, 0.3) is 0 Å². The lowest BCUT2D eigenvalue weighted by molar-refractivity contribution is 0.368. The molecule has 0 N–H and O–H groups in total. The first-order valence-electron chi connectivity index (χ1n) is 6.02. The number of hydrogen-bond donors (Lipinski definition) is 0. The van der Waals surface area contributed by atoms with Gasteiger partial charge in [-0.1, -0.05) is 66.0 Å². The van der Waals surface area contributed by atoms with Crippen molar-refractivity contribution in [3.8, 4) is 0 Å². The molecule has 0 aliphatic carbocycles. The molecule has 0 bridgehead atoms. The van der Waals surface area contributed by atoms with Crippen molar-refractivity contribution in [1.29, 1.82) is 0 Å². The molecule has 1 aromatic rings. The van der Waals surface area contributed by atoms with E-state index in [1.54, 1.807) is 0 Å². The number of sulfone groups is 1. The van der Waals surface area contributed by atoms with Crippen LogP contribution in [0.5, 0.6) is 0 Å². The molecular formula is C13H15Br3O2S. The standard InChI is InChI=1S/C13H15Br3O2S/c14-8-13(9-15,10-5-6-19(17,18)7-10)11-3-1-2-4-12(11)16/h1-4,10H,5-9H2. The maximum Gasteiger partial charge on any atom is 0.150 e. The maximum absolute atomic E-state index is 11.8. The first kappa shape index (κ1) is 16.0. The van der Waals surface area contributed by atoms with Gasteiger partial charge in [0.1, 0.15) is 0 Å². The summed E-state index contributed by atoms with van der Waals surface area (Å²) in [7, 11) is -2.88. The van der Waals surface area contributed by atoms with Crippen molar-refractivity contribution in [2.75, 3.05) is 22.2 Å². The van der Waals surface area contributed by atoms with Crippen molar-refractivity contribution in [3.05, 3.63) is 34.3 Å². The Kier molecular flexibility index (Phi) is 5.18. The number of alkyl halides is 2. The minimum absolute atomic E-state index is 0.148. The maximum atomic E-state index is 11.8. The summed E-state index contributed by atoms with van der Waals surface area (Å²) in [6, 6.07) is 8.08. The Balaban J connectivity index is 2.47. The fraction of sp³-hybridized carbons (Fsp3) is 0.538. The molecule has 1 aliphatic rings. The molecule has 1 aliphatic heterocycles. The summed E-state index contributed by atoms with van der Waals surface area (Å²) < 4.78 is 24.6. The second kappa shape index (κ2) is 6.16. The average molecular weight is 475 g/mol. The molecule has 19 heavy (non-hydrogen) atoms. The molecule has 0 amide bonds. The Morgan fingerprint density at radius 2 is 1.84 bits per heavy atom. The van der Waals surface area contributed by atoms with Crippen LogP contribution >= 0.6 is 47.8 Å². The zero-order valence-electron chi connectivity index (χ0n) is 10.3. The highest BCUT2D eigenvalue weighted by atomic mass is 79.9. The largest absolute Gasteiger partial charge is 0.229 e. The monoisotopic (exact) mass is 472 g/mol. The smallest absolute Gasteiger partial charge is 0.150 e. The van der Waals surface area contributed by atoms with E-state index in [9.17, 15) is 8.42 Å². The molecule has 0 spiro atoms. The lowest BCUT2D eigenvalue weighted by Crippen LogP contribution is -2.40. The second-order valence-corrected chi connectivity index (χ2v) is 9.21. The summed E-state index contributed by atoms with van der Waals surface area (Å²) in [4.78, 5) is 0. The molecule has 2 nitrogen and oxygen atoms in total. The minimum Gasteiger partial charge on any atom is -0.229 e. The van der Waals surface area contributed by atoms with Crippen LogP contribution in [0.1, 0.15) is 12.0 Å². The van der Waals surface area contributed by atoms with Gasteiger partial charge in [-0.05, 0) is 24.0 Å². The molecule has 0 aromatic heterocycles. The number of hydrogen-bond acceptors (Lipinski definition) is 2. The van der Waals surface area contributed by atoms with Crippen molar-refractivity contribution in [2.24, 2.45) is 5.92 Å². The molecule has 1 heterocycles. The van der Waals surface area contributed by atoms with Crippen LogP contribution in [0.15, 0.2) is 28.7 Å². The molecule has 1 unspecified atom stereocenters. The van der Waals surface area contributed by atoms with Gasteiger partial charge in [-0.2, -0.15) is 0 Å². The second-order valence-electron chi connectivity index (χ2n) is 5.00. The molecule has 2 rings (SSSR count). The predicted molar refractivity (Wildman–Crippen MR) is 90.2 cm³/mol. The molecule has 0 radical (unpaired) electrons. The third kappa shape index (κ3) is 3.11. The van der Waals surface area contributed by atoms with E-state index in [4.69, 9.17) is 0 Å². The van der Waals surface area contributed by atoms with Crippen LogP contribution in [0.25, 0.3) is 0 Å². The Labute approximate surface area is 139 Å². The van der Waals surface area contributed by atoms with Crippen molar-refractivity contribution in [1.82, 2.24) is 0 Å². The van der Waals surface area contributed by atoms with E-state index in [0.717, 1.165) is 21.6 Å². The molecule has 0 saturated carbocycles. The summed E-state index contributed by atoms with van der Waals surface area (Å²) in [6.45, 7) is 0. The van der Waals surface area contributed by atoms with Crippen LogP contribution in [-0.4, -0.2) is 30.6 Å². The zero-order valence-corrected chi connectivity index (χ0v) is 15.9. The SMILES string of the molecule is O=S1(=O)CCC(C(CBr)(CBr)c2ccccc2Br)C1. The highest BCUT2D eigenvalue weighted by Gasteiger charge is 2.45. The normalized spacial score (nSPS) is 22.6. The Morgan fingerprint density at radius 1 is 1.21 bits per heavy atom. The van der Waals surface area contributed by atoms with E-state index in [1.807, 2.05) is 18.2 Å². The van der Waals surface area contributed by atoms with E-state index in [1.165, 1.54) is 5.56 Å². The van der Waals surface area contributed by atoms with Crippen molar-refractivity contribution in [2.45, 2.75) is 11.8 Å². The fourth-order valence-electron chi connectivity index (χ4n) is 2.71. The van der Waals surface area contributed by atoms with Crippen molar-refractivity contribution in [3.63, 3.8) is 0 Å². The predicted octanol–water partition coefficient (Wildman–Crippen LogP) is 3.91. The zero-order chi connectivity index (χ0) is 14.1. The Bertz CT molecular complexity index is 553. The average Bonchev–Trinajstić information content (AvgIpc) is 2.74. The number of halogens is 3. The number of benzene rings is 1. The van der Waals surface area contributed by atoms with E-state index >= 15 is 0 Å². The summed E-state index contributed by atoms with van der Waals surface area (Å²) in [5.41, 5.74) is 0.981. The van der Waals surface area contributed by atoms with Gasteiger partial charge in [0.2, 0.25) is 0 Å². The fourth-order valence-corrected chi connectivity index (χ4v) is 7.75. The summed E-state index contributed by atoms with van der Waals surface area (Å²) in [6.07, 6.45) is 0.737. The molecule has 1 aromatic carbocycles. The molecule has 1 atom stereocenters. The van der Waals surface area contributed by atoms with Gasteiger partial charge in [-0.3, -0.25) is 0 Å². The van der Waals surface area contributed by atoms with Crippen molar-refractivity contribution >= 4 is 57.6 Å². The van der Waals surface area contributed by atoms with Crippen LogP contribution in [0.4, 0.5) is 0 Å². The Morgan fingerprint density at radius 3 is 2.32 bits per heavy atom. The van der Waals surface area contributed by atoms with E-state index in [2.05, 4.69) is 53.9 Å². The van der Waals surface area contributed by atoms with Gasteiger partial charge in [-0.25, -0.2) is 8.42 Å². The highest BCUT2D eigenvalue weighted by molar-refractivity contribution is 9.10. The summed E-state index contributed by atoms with van der Waals surface area (Å²) in [5, 5.41) is 1.49. The summed E-state index contributed by atoms with van der Waals surface area (Å²) >= 11 is 10.8. The lowest BCUT2D eigenvalue weighted by Gasteiger charge is -2.37. The third-order valence-electron chi connectivity index (χ3n) is 3.90. The molecule has 1 saturated heterocycles. The quantitative estimate of drug-likeness (QED) is 0.620. The van der Waals surface area contributed by atoms with Gasteiger partial charge in [0.15, 0.2) is 9.84 Å². The van der Waals surface area contributed by atoms with Crippen molar-refractivity contribution < 1.29 is 8.42 Å². The Hall–Kier alpha value is 0.610. The first-order valence-corrected chi connectivity index (χ1v) is 10.9. The molecule has 6 heteroatoms. The van der Waals surface area contributed by atoms with Gasteiger partial charge in [0.05, 0.1) is 11.5 Å². The van der Waals surface area contributed by atoms with Gasteiger partial charge < -0.3 is 0 Å². The minimum atomic E-state index is -2.88. The highest BCUT2D eigenvalue weighted by Crippen LogP contribution is 2.44. The van der Waals surface area contributed by atoms with E-state index < -0.39 is 9.84 Å². The molecule has 106 valence electrons. The van der Waals surface area contributed by atoms with Crippen LogP contribution in [0.2, 0.25) is 0 Å². The topological polar surface area (TPSA) is 34.1 Å². The summed E-state index contributed by atoms with van der Waals surface area (Å²) in [5.74, 6) is 0.741. The van der Waals surface area contributed by atoms with Crippen LogP contribution in [0, 0.1) is 5.92 Å². The van der Waals surface area contributed by atoms with E-state index in [0.29, 0.717) is 5.75 Å². The van der Waals surface area contributed by atoms with Gasteiger partial charge >= 0.3 is 0 Å². The van der Waals surface area contributed by atoms with Crippen LogP contribution < -0.4 is 0 Å². The van der Waals surface area contributed by atoms with Crippen LogP contribution in [-0.2, 0) is 15.3 Å². The lowest BCUT2D eigenvalue weighted by atomic mass is 9.73. The van der Waals surface area contributed by atoms with Crippen LogP contribution in [0.3, 0.4) is 0 Å². The van der Waals surface area contributed by atoms with Gasteiger partial charge in [-0.15, -0.1) is 0 Å². The number of rotatable bonds is 4. The third-order valence-corrected chi connectivity index (χ3v) is 8.36. The first-order chi connectivity index (χ1) is 8.95.